The Hall–Kier alpha value is -1.95. The third kappa shape index (κ3) is 5.11. The van der Waals surface area contributed by atoms with Gasteiger partial charge in [0.2, 0.25) is 5.88 Å². The smallest absolute Gasteiger partial charge is 0.342 e. The van der Waals surface area contributed by atoms with Gasteiger partial charge in [0.05, 0.1) is 6.21 Å². The summed E-state index contributed by atoms with van der Waals surface area (Å²) in [4.78, 5) is 11.4. The van der Waals surface area contributed by atoms with Gasteiger partial charge in [0.15, 0.2) is 0 Å². The topological polar surface area (TPSA) is 84.9 Å². The van der Waals surface area contributed by atoms with Crippen LogP contribution in [0.2, 0.25) is 0 Å². The van der Waals surface area contributed by atoms with E-state index in [1.165, 1.54) is 6.21 Å². The van der Waals surface area contributed by atoms with Crippen LogP contribution in [0.15, 0.2) is 28.0 Å². The van der Waals surface area contributed by atoms with Crippen molar-refractivity contribution in [2.75, 3.05) is 18.8 Å². The number of benzene rings is 1. The Labute approximate surface area is 133 Å². The Balaban J connectivity index is 3.22. The van der Waals surface area contributed by atoms with E-state index in [0.29, 0.717) is 5.75 Å². The summed E-state index contributed by atoms with van der Waals surface area (Å²) in [5.41, 5.74) is 8.64. The van der Waals surface area contributed by atoms with Crippen LogP contribution in [0.3, 0.4) is 0 Å². The van der Waals surface area contributed by atoms with E-state index >= 15 is 0 Å². The summed E-state index contributed by atoms with van der Waals surface area (Å²) in [6.07, 6.45) is 7.14. The van der Waals surface area contributed by atoms with Crippen molar-refractivity contribution in [2.45, 2.75) is 20.8 Å². The van der Waals surface area contributed by atoms with Gasteiger partial charge >= 0.3 is 5.97 Å². The monoisotopic (exact) mass is 324 g/mol. The Kier molecular flexibility index (Phi) is 5.65. The molecule has 0 bridgehead atoms. The molecule has 0 fully saturated rings. The summed E-state index contributed by atoms with van der Waals surface area (Å²) in [5.74, 6) is -0.736. The van der Waals surface area contributed by atoms with Crippen LogP contribution in [0, 0.1) is 20.8 Å². The first kappa shape index (κ1) is 18.1. The molecule has 0 saturated carbocycles. The number of nitrogens with zero attached hydrogens (tertiary/aromatic N) is 1. The normalized spacial score (nSPS) is 13.9. The SMILES string of the molecule is Cc1cc(C)c(OC(N)=C(C=NS(C)(C)C)C(=O)O)c(C)c1. The fourth-order valence-electron chi connectivity index (χ4n) is 1.93. The number of hydrogen-bond acceptors (Lipinski definition) is 4. The zero-order valence-electron chi connectivity index (χ0n) is 13.9. The van der Waals surface area contributed by atoms with Crippen LogP contribution in [0.5, 0.6) is 5.75 Å². The Morgan fingerprint density at radius 3 is 2.14 bits per heavy atom. The molecule has 0 aliphatic heterocycles. The van der Waals surface area contributed by atoms with Crippen molar-refractivity contribution in [1.82, 2.24) is 0 Å². The van der Waals surface area contributed by atoms with E-state index in [-0.39, 0.29) is 11.5 Å². The van der Waals surface area contributed by atoms with Crippen LogP contribution in [0.4, 0.5) is 0 Å². The van der Waals surface area contributed by atoms with Gasteiger partial charge in [-0.25, -0.2) is 9.19 Å². The minimum Gasteiger partial charge on any atom is -0.477 e. The number of nitrogens with two attached hydrogens (primary N) is 1. The molecule has 122 valence electrons. The number of carboxylic acids is 1. The lowest BCUT2D eigenvalue weighted by atomic mass is 10.1. The molecule has 1 aromatic rings. The van der Waals surface area contributed by atoms with Crippen LogP contribution in [-0.2, 0) is 4.79 Å². The van der Waals surface area contributed by atoms with Crippen molar-refractivity contribution in [3.8, 4) is 5.75 Å². The average Bonchev–Trinajstić information content (AvgIpc) is 2.31. The highest BCUT2D eigenvalue weighted by molar-refractivity contribution is 8.31. The average molecular weight is 324 g/mol. The van der Waals surface area contributed by atoms with Crippen molar-refractivity contribution in [1.29, 1.82) is 0 Å². The first-order valence-corrected chi connectivity index (χ1v) is 9.55. The van der Waals surface area contributed by atoms with Gasteiger partial charge in [-0.05, 0) is 50.7 Å². The molecule has 0 aliphatic rings. The van der Waals surface area contributed by atoms with E-state index in [4.69, 9.17) is 10.5 Å². The summed E-state index contributed by atoms with van der Waals surface area (Å²) >= 11 is 0. The first-order valence-electron chi connectivity index (χ1n) is 6.73. The molecule has 0 spiro atoms. The maximum Gasteiger partial charge on any atom is 0.342 e. The Morgan fingerprint density at radius 2 is 1.73 bits per heavy atom. The van der Waals surface area contributed by atoms with Crippen molar-refractivity contribution in [3.63, 3.8) is 0 Å². The van der Waals surface area contributed by atoms with Crippen LogP contribution in [0.1, 0.15) is 16.7 Å². The standard InChI is InChI=1S/C16H24N2O3S/c1-10-7-11(2)14(12(3)8-10)21-15(17)13(16(19)20)9-18-22(4,5)6/h7-9H,17H2,1-6H3,(H,19,20). The van der Waals surface area contributed by atoms with Crippen LogP contribution in [-0.4, -0.2) is 36.1 Å². The molecule has 0 aromatic heterocycles. The molecule has 6 heteroatoms. The number of carboxylic acid groups (broad SMARTS) is 1. The lowest BCUT2D eigenvalue weighted by molar-refractivity contribution is -0.132. The molecule has 1 aromatic carbocycles. The quantitative estimate of drug-likeness (QED) is 0.495. The zero-order chi connectivity index (χ0) is 17.1. The van der Waals surface area contributed by atoms with Crippen molar-refractivity contribution < 1.29 is 14.6 Å². The predicted molar refractivity (Wildman–Crippen MR) is 94.0 cm³/mol. The molecule has 0 saturated heterocycles. The number of carbonyl (C=O) groups is 1. The summed E-state index contributed by atoms with van der Waals surface area (Å²) < 4.78 is 9.87. The molecule has 22 heavy (non-hydrogen) atoms. The van der Waals surface area contributed by atoms with E-state index < -0.39 is 16.2 Å². The van der Waals surface area contributed by atoms with E-state index in [1.54, 1.807) is 0 Å². The third-order valence-electron chi connectivity index (χ3n) is 2.81. The minimum absolute atomic E-state index is 0.137. The van der Waals surface area contributed by atoms with Gasteiger partial charge in [-0.3, -0.25) is 0 Å². The lowest BCUT2D eigenvalue weighted by Crippen LogP contribution is -2.17. The highest BCUT2D eigenvalue weighted by atomic mass is 32.3. The molecule has 1 rings (SSSR count). The number of aliphatic carboxylic acids is 1. The molecule has 0 radical (unpaired) electrons. The molecule has 0 unspecified atom stereocenters. The van der Waals surface area contributed by atoms with E-state index in [9.17, 15) is 9.90 Å². The number of hydrogen-bond donors (Lipinski definition) is 2. The molecule has 0 amide bonds. The lowest BCUT2D eigenvalue weighted by Gasteiger charge is -2.18. The predicted octanol–water partition coefficient (Wildman–Crippen LogP) is 2.93. The second-order valence-electron chi connectivity index (χ2n) is 5.92. The Morgan fingerprint density at radius 1 is 1.23 bits per heavy atom. The maximum absolute atomic E-state index is 11.4. The van der Waals surface area contributed by atoms with Crippen molar-refractivity contribution in [3.05, 3.63) is 40.3 Å². The second-order valence-corrected chi connectivity index (χ2v) is 9.68. The van der Waals surface area contributed by atoms with Gasteiger partial charge in [-0.15, -0.1) is 0 Å². The largest absolute Gasteiger partial charge is 0.477 e. The summed E-state index contributed by atoms with van der Waals surface area (Å²) in [6, 6.07) is 3.92. The summed E-state index contributed by atoms with van der Waals surface area (Å²) in [7, 11) is -1.22. The fraction of sp³-hybridized carbons (Fsp3) is 0.375. The maximum atomic E-state index is 11.4. The fourth-order valence-corrected chi connectivity index (χ4v) is 2.35. The van der Waals surface area contributed by atoms with Gasteiger partial charge in [0.1, 0.15) is 11.3 Å². The van der Waals surface area contributed by atoms with Crippen molar-refractivity contribution >= 4 is 22.4 Å². The Bertz CT molecular complexity index is 620. The van der Waals surface area contributed by atoms with Gasteiger partial charge in [0.25, 0.3) is 0 Å². The third-order valence-corrected chi connectivity index (χ3v) is 3.55. The molecule has 0 atom stereocenters. The van der Waals surface area contributed by atoms with Gasteiger partial charge < -0.3 is 15.6 Å². The van der Waals surface area contributed by atoms with Gasteiger partial charge in [-0.1, -0.05) is 17.7 Å². The van der Waals surface area contributed by atoms with Gasteiger partial charge in [0, 0.05) is 0 Å². The number of ether oxygens (including phenoxy) is 1. The van der Waals surface area contributed by atoms with Crippen LogP contribution in [0.25, 0.3) is 0 Å². The molecule has 5 nitrogen and oxygen atoms in total. The van der Waals surface area contributed by atoms with Crippen LogP contribution >= 0.6 is 10.2 Å². The molecular weight excluding hydrogens is 300 g/mol. The first-order chi connectivity index (χ1) is 10.0. The van der Waals surface area contributed by atoms with E-state index in [0.717, 1.165) is 16.7 Å². The second kappa shape index (κ2) is 6.87. The van der Waals surface area contributed by atoms with Gasteiger partial charge in [-0.2, -0.15) is 10.2 Å². The zero-order valence-corrected chi connectivity index (χ0v) is 14.7. The molecule has 3 N–H and O–H groups in total. The molecular formula is C16H24N2O3S. The highest BCUT2D eigenvalue weighted by Crippen LogP contribution is 2.35. The number of rotatable bonds is 5. The van der Waals surface area contributed by atoms with Crippen molar-refractivity contribution in [2.24, 2.45) is 10.1 Å². The minimum atomic E-state index is -1.22. The number of aryl methyl sites for hydroxylation is 3. The van der Waals surface area contributed by atoms with E-state index in [1.807, 2.05) is 51.7 Å². The molecule has 0 aliphatic carbocycles. The highest BCUT2D eigenvalue weighted by Gasteiger charge is 2.15. The summed E-state index contributed by atoms with van der Waals surface area (Å²) in [6.45, 7) is 5.79. The summed E-state index contributed by atoms with van der Waals surface area (Å²) in [5, 5.41) is 9.30. The van der Waals surface area contributed by atoms with Crippen LogP contribution < -0.4 is 10.5 Å². The van der Waals surface area contributed by atoms with E-state index in [2.05, 4.69) is 4.40 Å². The molecule has 0 heterocycles.